The van der Waals surface area contributed by atoms with E-state index in [-0.39, 0.29) is 49.1 Å². The Balaban J connectivity index is 2.11. The lowest BCUT2D eigenvalue weighted by atomic mass is 9.74. The van der Waals surface area contributed by atoms with Gasteiger partial charge in [-0.3, -0.25) is 14.4 Å². The summed E-state index contributed by atoms with van der Waals surface area (Å²) in [7, 11) is 0. The Morgan fingerprint density at radius 1 is 0.943 bits per heavy atom. The van der Waals surface area contributed by atoms with Crippen molar-refractivity contribution in [3.05, 3.63) is 35.9 Å². The van der Waals surface area contributed by atoms with E-state index in [4.69, 9.17) is 5.11 Å². The van der Waals surface area contributed by atoms with Crippen LogP contribution < -0.4 is 5.32 Å². The molecular weight excluding hydrogens is 446 g/mol. The van der Waals surface area contributed by atoms with Crippen LogP contribution in [0, 0.1) is 11.8 Å². The number of ketones is 3. The van der Waals surface area contributed by atoms with Crippen LogP contribution in [0.15, 0.2) is 30.3 Å². The van der Waals surface area contributed by atoms with Crippen LogP contribution in [0.25, 0.3) is 0 Å². The summed E-state index contributed by atoms with van der Waals surface area (Å²) in [6.45, 7) is 0.894. The molecule has 1 aliphatic rings. The maximum Gasteiger partial charge on any atom is 0.220 e. The number of amides is 1. The number of hydrogen-bond donors (Lipinski definition) is 3. The summed E-state index contributed by atoms with van der Waals surface area (Å²) in [4.78, 5) is 47.9. The van der Waals surface area contributed by atoms with E-state index in [0.717, 1.165) is 31.2 Å². The Kier molecular flexibility index (Phi) is 12.8. The monoisotopic (exact) mass is 487 g/mol. The van der Waals surface area contributed by atoms with Crippen molar-refractivity contribution in [2.45, 2.75) is 96.1 Å². The molecule has 7 nitrogen and oxygen atoms in total. The number of rotatable bonds is 16. The molecule has 0 spiro atoms. The van der Waals surface area contributed by atoms with Gasteiger partial charge >= 0.3 is 0 Å². The molecule has 1 amide bonds. The number of aliphatic hydroxyl groups is 2. The van der Waals surface area contributed by atoms with Gasteiger partial charge in [0.05, 0.1) is 12.1 Å². The van der Waals surface area contributed by atoms with E-state index < -0.39 is 24.5 Å². The van der Waals surface area contributed by atoms with Gasteiger partial charge in [-0.25, -0.2) is 0 Å². The maximum atomic E-state index is 12.6. The largest absolute Gasteiger partial charge is 0.391 e. The fourth-order valence-electron chi connectivity index (χ4n) is 4.99. The molecular formula is C28H41NO6. The van der Waals surface area contributed by atoms with Gasteiger partial charge in [-0.05, 0) is 37.2 Å². The second kappa shape index (κ2) is 15.6. The van der Waals surface area contributed by atoms with Crippen molar-refractivity contribution in [2.75, 3.05) is 6.61 Å². The molecule has 1 aliphatic carbocycles. The predicted molar refractivity (Wildman–Crippen MR) is 134 cm³/mol. The lowest BCUT2D eigenvalue weighted by Gasteiger charge is -2.34. The normalized spacial score (nSPS) is 16.8. The summed E-state index contributed by atoms with van der Waals surface area (Å²) in [5, 5.41) is 23.1. The van der Waals surface area contributed by atoms with Gasteiger partial charge in [-0.2, -0.15) is 0 Å². The fourth-order valence-corrected chi connectivity index (χ4v) is 4.99. The Bertz CT molecular complexity index is 818. The highest BCUT2D eigenvalue weighted by atomic mass is 16.3. The van der Waals surface area contributed by atoms with E-state index in [1.165, 1.54) is 13.3 Å². The minimum atomic E-state index is -0.861. The molecule has 0 aromatic heterocycles. The lowest BCUT2D eigenvalue weighted by Crippen LogP contribution is -2.46. The smallest absolute Gasteiger partial charge is 0.220 e. The van der Waals surface area contributed by atoms with Gasteiger partial charge in [-0.1, -0.05) is 62.4 Å². The first-order valence-corrected chi connectivity index (χ1v) is 12.9. The number of carbonyl (C=O) groups is 4. The maximum absolute atomic E-state index is 12.6. The van der Waals surface area contributed by atoms with Crippen LogP contribution in [0.3, 0.4) is 0 Å². The van der Waals surface area contributed by atoms with E-state index in [1.54, 1.807) is 0 Å². The third kappa shape index (κ3) is 11.3. The van der Waals surface area contributed by atoms with E-state index in [2.05, 4.69) is 5.32 Å². The molecule has 35 heavy (non-hydrogen) atoms. The summed E-state index contributed by atoms with van der Waals surface area (Å²) in [6.07, 6.45) is 6.14. The van der Waals surface area contributed by atoms with E-state index in [0.29, 0.717) is 25.2 Å². The summed E-state index contributed by atoms with van der Waals surface area (Å²) in [5.41, 5.74) is 0.968. The molecule has 1 saturated carbocycles. The molecule has 1 aromatic carbocycles. The van der Waals surface area contributed by atoms with Crippen LogP contribution in [0.4, 0.5) is 0 Å². The van der Waals surface area contributed by atoms with Crippen LogP contribution in [-0.2, 0) is 25.6 Å². The minimum absolute atomic E-state index is 0.00193. The first-order chi connectivity index (χ1) is 16.8. The molecule has 3 atom stereocenters. The molecule has 0 heterocycles. The predicted octanol–water partition coefficient (Wildman–Crippen LogP) is 3.33. The van der Waals surface area contributed by atoms with Gasteiger partial charge in [0.25, 0.3) is 0 Å². The Hall–Kier alpha value is -2.38. The molecule has 0 aliphatic heterocycles. The Morgan fingerprint density at radius 2 is 1.60 bits per heavy atom. The van der Waals surface area contributed by atoms with Crippen molar-refractivity contribution in [1.29, 1.82) is 0 Å². The number of Topliss-reactive ketones (excluding diaryl/α,β-unsaturated/α-hetero) is 3. The average molecular weight is 488 g/mol. The molecule has 0 saturated heterocycles. The summed E-state index contributed by atoms with van der Waals surface area (Å²) >= 11 is 0. The quantitative estimate of drug-likeness (QED) is 0.329. The Labute approximate surface area is 208 Å². The summed E-state index contributed by atoms with van der Waals surface area (Å²) in [5.74, 6) is -0.363. The number of nitrogens with one attached hydrogen (secondary N) is 1. The molecule has 194 valence electrons. The van der Waals surface area contributed by atoms with Crippen LogP contribution >= 0.6 is 0 Å². The number of carbonyl (C=O) groups excluding carboxylic acids is 4. The molecule has 1 fully saturated rings. The van der Waals surface area contributed by atoms with E-state index >= 15 is 0 Å². The zero-order chi connectivity index (χ0) is 25.6. The highest BCUT2D eigenvalue weighted by Gasteiger charge is 2.31. The number of hydrogen-bond acceptors (Lipinski definition) is 6. The van der Waals surface area contributed by atoms with E-state index in [9.17, 15) is 24.3 Å². The van der Waals surface area contributed by atoms with Crippen LogP contribution in [0.5, 0.6) is 0 Å². The van der Waals surface area contributed by atoms with Gasteiger partial charge in [0.1, 0.15) is 18.2 Å². The van der Waals surface area contributed by atoms with Gasteiger partial charge in [0.2, 0.25) is 5.91 Å². The summed E-state index contributed by atoms with van der Waals surface area (Å²) in [6, 6.07) is 9.01. The lowest BCUT2D eigenvalue weighted by molar-refractivity contribution is -0.127. The first kappa shape index (κ1) is 28.9. The topological polar surface area (TPSA) is 121 Å². The zero-order valence-corrected chi connectivity index (χ0v) is 20.9. The second-order valence-electron chi connectivity index (χ2n) is 9.97. The van der Waals surface area contributed by atoms with Crippen LogP contribution in [0.2, 0.25) is 0 Å². The van der Waals surface area contributed by atoms with Crippen LogP contribution in [-0.4, -0.2) is 52.2 Å². The van der Waals surface area contributed by atoms with Crippen molar-refractivity contribution in [1.82, 2.24) is 5.32 Å². The fraction of sp³-hybridized carbons (Fsp3) is 0.643. The molecule has 1 aromatic rings. The van der Waals surface area contributed by atoms with Crippen molar-refractivity contribution in [2.24, 2.45) is 11.8 Å². The highest BCUT2D eigenvalue weighted by Crippen LogP contribution is 2.35. The van der Waals surface area contributed by atoms with Crippen LogP contribution in [0.1, 0.15) is 83.1 Å². The summed E-state index contributed by atoms with van der Waals surface area (Å²) < 4.78 is 0. The van der Waals surface area contributed by atoms with Crippen molar-refractivity contribution in [3.63, 3.8) is 0 Å². The molecule has 2 rings (SSSR count). The Morgan fingerprint density at radius 3 is 2.23 bits per heavy atom. The molecule has 7 heteroatoms. The number of aliphatic hydroxyl groups excluding tert-OH is 2. The third-order valence-corrected chi connectivity index (χ3v) is 7.02. The standard InChI is InChI=1S/C28H41NO6/c1-20(31)12-13-24(32)17-23(22-10-6-3-7-11-22)18-27(34)26(16-21-8-4-2-5-9-21)29-28(35)15-14-25(33)19-30/h2,4-5,8-9,22-23,26-27,30,34H,3,6-7,10-19H2,1H3,(H,29,35)/t23-,26+,27+/m1/s1. The minimum Gasteiger partial charge on any atom is -0.391 e. The molecule has 3 N–H and O–H groups in total. The second-order valence-corrected chi connectivity index (χ2v) is 9.97. The van der Waals surface area contributed by atoms with Crippen molar-refractivity contribution in [3.8, 4) is 0 Å². The molecule has 0 radical (unpaired) electrons. The van der Waals surface area contributed by atoms with Gasteiger partial charge in [0.15, 0.2) is 5.78 Å². The van der Waals surface area contributed by atoms with Gasteiger partial charge in [-0.15, -0.1) is 0 Å². The van der Waals surface area contributed by atoms with Gasteiger partial charge < -0.3 is 20.3 Å². The molecule has 0 unspecified atom stereocenters. The number of benzene rings is 1. The van der Waals surface area contributed by atoms with Crippen molar-refractivity contribution >= 4 is 23.3 Å². The zero-order valence-electron chi connectivity index (χ0n) is 20.9. The average Bonchev–Trinajstić information content (AvgIpc) is 2.86. The first-order valence-electron chi connectivity index (χ1n) is 12.9. The van der Waals surface area contributed by atoms with Crippen molar-refractivity contribution < 1.29 is 29.4 Å². The van der Waals surface area contributed by atoms with E-state index in [1.807, 2.05) is 30.3 Å². The highest BCUT2D eigenvalue weighted by molar-refractivity contribution is 5.86. The molecule has 0 bridgehead atoms. The third-order valence-electron chi connectivity index (χ3n) is 7.02. The SMILES string of the molecule is CC(=O)CCC(=O)C[C@H](C[C@H](O)[C@H](Cc1ccccc1)NC(=O)CCC(=O)CO)C1CCCCC1. The van der Waals surface area contributed by atoms with Gasteiger partial charge in [0, 0.05) is 32.1 Å².